The van der Waals surface area contributed by atoms with Crippen molar-refractivity contribution < 1.29 is 9.53 Å². The Morgan fingerprint density at radius 2 is 1.77 bits per heavy atom. The summed E-state index contributed by atoms with van der Waals surface area (Å²) < 4.78 is 7.85. The summed E-state index contributed by atoms with van der Waals surface area (Å²) in [5.74, 6) is 1.04. The van der Waals surface area contributed by atoms with Crippen molar-refractivity contribution in [2.75, 3.05) is 12.4 Å². The average molecular weight is 463 g/mol. The SMILES string of the molecule is COc1ccc(-n2nc(C(=O)Nc3ccc(Br)cc3)nc2-c2cccc(C)c2)cc1. The molecular weight excluding hydrogens is 444 g/mol. The molecule has 7 heteroatoms. The van der Waals surface area contributed by atoms with Gasteiger partial charge in [-0.1, -0.05) is 39.7 Å². The molecule has 6 nitrogen and oxygen atoms in total. The van der Waals surface area contributed by atoms with Gasteiger partial charge in [0.2, 0.25) is 5.82 Å². The molecule has 1 aromatic heterocycles. The third kappa shape index (κ3) is 4.26. The minimum Gasteiger partial charge on any atom is -0.497 e. The van der Waals surface area contributed by atoms with Crippen LogP contribution in [0.4, 0.5) is 5.69 Å². The number of ether oxygens (including phenoxy) is 1. The molecule has 3 aromatic carbocycles. The molecule has 0 saturated carbocycles. The first-order valence-electron chi connectivity index (χ1n) is 9.29. The first-order valence-corrected chi connectivity index (χ1v) is 10.1. The lowest BCUT2D eigenvalue weighted by Gasteiger charge is -2.07. The average Bonchev–Trinajstić information content (AvgIpc) is 3.21. The maximum Gasteiger partial charge on any atom is 0.295 e. The van der Waals surface area contributed by atoms with Gasteiger partial charge in [0, 0.05) is 15.7 Å². The van der Waals surface area contributed by atoms with Crippen LogP contribution in [-0.4, -0.2) is 27.8 Å². The number of amides is 1. The van der Waals surface area contributed by atoms with E-state index in [1.807, 2.05) is 79.7 Å². The normalized spacial score (nSPS) is 10.6. The van der Waals surface area contributed by atoms with Crippen LogP contribution >= 0.6 is 15.9 Å². The summed E-state index contributed by atoms with van der Waals surface area (Å²) >= 11 is 3.39. The number of nitrogens with zero attached hydrogens (tertiary/aromatic N) is 3. The summed E-state index contributed by atoms with van der Waals surface area (Å²) in [6.45, 7) is 2.01. The zero-order chi connectivity index (χ0) is 21.1. The van der Waals surface area contributed by atoms with Crippen molar-refractivity contribution in [1.29, 1.82) is 0 Å². The van der Waals surface area contributed by atoms with E-state index in [-0.39, 0.29) is 11.7 Å². The van der Waals surface area contributed by atoms with E-state index in [1.165, 1.54) is 0 Å². The second-order valence-electron chi connectivity index (χ2n) is 6.70. The molecule has 0 radical (unpaired) electrons. The van der Waals surface area contributed by atoms with Gasteiger partial charge in [0.25, 0.3) is 5.91 Å². The maximum absolute atomic E-state index is 12.8. The number of aryl methyl sites for hydroxylation is 1. The van der Waals surface area contributed by atoms with E-state index in [4.69, 9.17) is 4.74 Å². The highest BCUT2D eigenvalue weighted by atomic mass is 79.9. The topological polar surface area (TPSA) is 69.0 Å². The Hall–Kier alpha value is -3.45. The molecule has 0 aliphatic heterocycles. The van der Waals surface area contributed by atoms with Crippen molar-refractivity contribution in [3.63, 3.8) is 0 Å². The van der Waals surface area contributed by atoms with Crippen LogP contribution in [0.5, 0.6) is 5.75 Å². The lowest BCUT2D eigenvalue weighted by molar-refractivity contribution is 0.101. The number of methoxy groups -OCH3 is 1. The number of aromatic nitrogens is 3. The van der Waals surface area contributed by atoms with E-state index >= 15 is 0 Å². The Morgan fingerprint density at radius 3 is 2.43 bits per heavy atom. The number of hydrogen-bond donors (Lipinski definition) is 1. The molecule has 0 saturated heterocycles. The molecule has 0 aliphatic rings. The molecule has 1 amide bonds. The van der Waals surface area contributed by atoms with Crippen LogP contribution in [-0.2, 0) is 0 Å². The number of carbonyl (C=O) groups excluding carboxylic acids is 1. The second-order valence-corrected chi connectivity index (χ2v) is 7.62. The fourth-order valence-electron chi connectivity index (χ4n) is 3.00. The Balaban J connectivity index is 1.74. The lowest BCUT2D eigenvalue weighted by atomic mass is 10.1. The standard InChI is InChI=1S/C23H19BrN4O2/c1-15-4-3-5-16(14-15)22-26-21(23(29)25-18-8-6-17(24)7-9-18)27-28(22)19-10-12-20(30-2)13-11-19/h3-14H,1-2H3,(H,25,29). The molecular formula is C23H19BrN4O2. The summed E-state index contributed by atoms with van der Waals surface area (Å²) in [5, 5.41) is 7.34. The Bertz CT molecular complexity index is 1180. The monoisotopic (exact) mass is 462 g/mol. The number of nitrogens with one attached hydrogen (secondary N) is 1. The number of benzene rings is 3. The molecule has 150 valence electrons. The zero-order valence-corrected chi connectivity index (χ0v) is 18.1. The van der Waals surface area contributed by atoms with Crippen LogP contribution in [0, 0.1) is 6.92 Å². The van der Waals surface area contributed by atoms with Crippen molar-refractivity contribution in [2.45, 2.75) is 6.92 Å². The number of rotatable bonds is 5. The third-order valence-corrected chi connectivity index (χ3v) is 5.03. The summed E-state index contributed by atoms with van der Waals surface area (Å²) in [7, 11) is 1.62. The van der Waals surface area contributed by atoms with E-state index in [2.05, 4.69) is 31.3 Å². The summed E-state index contributed by atoms with van der Waals surface area (Å²) in [6, 6.07) is 22.7. The zero-order valence-electron chi connectivity index (χ0n) is 16.5. The van der Waals surface area contributed by atoms with Crippen LogP contribution in [0.15, 0.2) is 77.3 Å². The van der Waals surface area contributed by atoms with Gasteiger partial charge in [0.1, 0.15) is 5.75 Å². The number of hydrogen-bond acceptors (Lipinski definition) is 4. The molecule has 0 fully saturated rings. The van der Waals surface area contributed by atoms with Crippen molar-refractivity contribution in [1.82, 2.24) is 14.8 Å². The molecule has 0 atom stereocenters. The highest BCUT2D eigenvalue weighted by Crippen LogP contribution is 2.24. The van der Waals surface area contributed by atoms with Crippen molar-refractivity contribution in [3.05, 3.63) is 88.7 Å². The highest BCUT2D eigenvalue weighted by Gasteiger charge is 2.19. The van der Waals surface area contributed by atoms with E-state index in [1.54, 1.807) is 11.8 Å². The molecule has 0 spiro atoms. The van der Waals surface area contributed by atoms with E-state index < -0.39 is 0 Å². The van der Waals surface area contributed by atoms with Gasteiger partial charge in [-0.3, -0.25) is 4.79 Å². The van der Waals surface area contributed by atoms with Crippen LogP contribution in [0.2, 0.25) is 0 Å². The van der Waals surface area contributed by atoms with E-state index in [0.717, 1.165) is 27.0 Å². The van der Waals surface area contributed by atoms with Gasteiger partial charge in [0.15, 0.2) is 5.82 Å². The summed E-state index contributed by atoms with van der Waals surface area (Å²) in [6.07, 6.45) is 0. The third-order valence-electron chi connectivity index (χ3n) is 4.51. The molecule has 30 heavy (non-hydrogen) atoms. The highest BCUT2D eigenvalue weighted by molar-refractivity contribution is 9.10. The first-order chi connectivity index (χ1) is 14.5. The molecule has 1 heterocycles. The second kappa shape index (κ2) is 8.51. The molecule has 4 aromatic rings. The maximum atomic E-state index is 12.8. The predicted molar refractivity (Wildman–Crippen MR) is 120 cm³/mol. The predicted octanol–water partition coefficient (Wildman–Crippen LogP) is 5.27. The molecule has 1 N–H and O–H groups in total. The van der Waals surface area contributed by atoms with Crippen molar-refractivity contribution >= 4 is 27.5 Å². The van der Waals surface area contributed by atoms with Gasteiger partial charge < -0.3 is 10.1 Å². The Kier molecular flexibility index (Phi) is 5.63. The van der Waals surface area contributed by atoms with Gasteiger partial charge >= 0.3 is 0 Å². The number of anilines is 1. The van der Waals surface area contributed by atoms with Crippen molar-refractivity contribution in [2.24, 2.45) is 0 Å². The van der Waals surface area contributed by atoms with Gasteiger partial charge in [-0.25, -0.2) is 9.67 Å². The minimum atomic E-state index is -0.376. The Morgan fingerprint density at radius 1 is 1.03 bits per heavy atom. The van der Waals surface area contributed by atoms with Crippen LogP contribution in [0.3, 0.4) is 0 Å². The molecule has 4 rings (SSSR count). The number of carbonyl (C=O) groups is 1. The van der Waals surface area contributed by atoms with Crippen molar-refractivity contribution in [3.8, 4) is 22.8 Å². The van der Waals surface area contributed by atoms with Gasteiger partial charge in [-0.2, -0.15) is 0 Å². The van der Waals surface area contributed by atoms with Crippen LogP contribution < -0.4 is 10.1 Å². The van der Waals surface area contributed by atoms with Crippen LogP contribution in [0.1, 0.15) is 16.2 Å². The molecule has 0 unspecified atom stereocenters. The molecule has 0 aliphatic carbocycles. The van der Waals surface area contributed by atoms with E-state index in [0.29, 0.717) is 11.5 Å². The fraction of sp³-hybridized carbons (Fsp3) is 0.0870. The summed E-state index contributed by atoms with van der Waals surface area (Å²) in [5.41, 5.74) is 3.42. The van der Waals surface area contributed by atoms with Gasteiger partial charge in [0.05, 0.1) is 12.8 Å². The molecule has 0 bridgehead atoms. The van der Waals surface area contributed by atoms with E-state index in [9.17, 15) is 4.79 Å². The first kappa shape index (κ1) is 19.8. The van der Waals surface area contributed by atoms with Gasteiger partial charge in [-0.05, 0) is 61.5 Å². The quantitative estimate of drug-likeness (QED) is 0.438. The fourth-order valence-corrected chi connectivity index (χ4v) is 3.27. The Labute approximate surface area is 182 Å². The number of halogens is 1. The smallest absolute Gasteiger partial charge is 0.295 e. The van der Waals surface area contributed by atoms with Gasteiger partial charge in [-0.15, -0.1) is 5.10 Å². The largest absolute Gasteiger partial charge is 0.497 e. The van der Waals surface area contributed by atoms with Crippen LogP contribution in [0.25, 0.3) is 17.1 Å². The summed E-state index contributed by atoms with van der Waals surface area (Å²) in [4.78, 5) is 17.4. The minimum absolute atomic E-state index is 0.0882. The lowest BCUT2D eigenvalue weighted by Crippen LogP contribution is -2.14.